The molecule has 0 atom stereocenters. The Morgan fingerprint density at radius 2 is 1.24 bits per heavy atom. The van der Waals surface area contributed by atoms with Crippen LogP contribution in [0.3, 0.4) is 0 Å². The van der Waals surface area contributed by atoms with Crippen molar-refractivity contribution in [3.05, 3.63) is 144 Å². The fourth-order valence-electron chi connectivity index (χ4n) is 8.46. The monoisotopic (exact) mass is 729 g/mol. The first-order chi connectivity index (χ1) is 36.0. The lowest BCUT2D eigenvalue weighted by atomic mass is 9.35. The lowest BCUT2D eigenvalue weighted by molar-refractivity contribution is 0.590. The fourth-order valence-corrected chi connectivity index (χ4v) is 8.46. The predicted molar refractivity (Wildman–Crippen MR) is 229 cm³/mol. The minimum Gasteiger partial charge on any atom is -0.468 e. The van der Waals surface area contributed by atoms with Gasteiger partial charge in [0.05, 0.1) is 75.3 Å². The van der Waals surface area contributed by atoms with Gasteiger partial charge >= 0.3 is 0 Å². The molecular weight excluding hydrogens is 673 g/mol. The number of fused-ring (bicyclic) bond motifs is 14. The standard InChI is InChI=1S/C49H34BN3O2/c1-27-24-39-43-40(25-27)53(38-20-10-15-32-30-13-6-8-21-41(30)54-47(32)38)45-33-26-28(49(2,3)4)22-23-42(33)55-48(45)50(43)34-16-11-19-37-46(34)52(39)36-18-9-14-31-29-12-5-7-17-35(29)51(37)44(31)36/h5-26H,1-4H3/i5D,6D,7D,8D,9D,10D,11D,12D,13D,14D,15D,16D,17D,18D,19D,20D,21D,22D,23D,24D,25D,26D. The van der Waals surface area contributed by atoms with Gasteiger partial charge in [-0.15, -0.1) is 0 Å². The second kappa shape index (κ2) is 9.90. The van der Waals surface area contributed by atoms with Crippen molar-refractivity contribution in [2.75, 3.05) is 9.80 Å². The van der Waals surface area contributed by atoms with E-state index in [0.29, 0.717) is 0 Å². The average molecular weight is 730 g/mol. The zero-order valence-corrected chi connectivity index (χ0v) is 29.2. The van der Waals surface area contributed by atoms with Crippen LogP contribution in [-0.4, -0.2) is 11.3 Å². The number of furan rings is 2. The molecule has 0 saturated carbocycles. The summed E-state index contributed by atoms with van der Waals surface area (Å²) in [5.41, 5.74) is -5.48. The normalized spacial score (nSPS) is 19.7. The molecule has 3 aliphatic heterocycles. The first kappa shape index (κ1) is 16.0. The van der Waals surface area contributed by atoms with E-state index in [1.54, 1.807) is 20.8 Å². The molecule has 6 heterocycles. The van der Waals surface area contributed by atoms with Gasteiger partial charge in [-0.25, -0.2) is 0 Å². The van der Waals surface area contributed by atoms with E-state index in [9.17, 15) is 21.9 Å². The van der Waals surface area contributed by atoms with E-state index < -0.39 is 156 Å². The van der Waals surface area contributed by atoms with Gasteiger partial charge in [0.15, 0.2) is 5.58 Å². The third-order valence-corrected chi connectivity index (χ3v) is 10.7. The molecule has 5 nitrogen and oxygen atoms in total. The van der Waals surface area contributed by atoms with E-state index in [4.69, 9.17) is 17.1 Å². The Hall–Kier alpha value is -6.66. The predicted octanol–water partition coefficient (Wildman–Crippen LogP) is 11.4. The summed E-state index contributed by atoms with van der Waals surface area (Å²) in [7, 11) is 0. The topological polar surface area (TPSA) is 37.7 Å². The third kappa shape index (κ3) is 3.60. The lowest BCUT2D eigenvalue weighted by Gasteiger charge is -2.44. The van der Waals surface area contributed by atoms with Gasteiger partial charge in [-0.3, -0.25) is 0 Å². The van der Waals surface area contributed by atoms with Crippen LogP contribution in [0.1, 0.15) is 62.1 Å². The van der Waals surface area contributed by atoms with Crippen molar-refractivity contribution >= 4 is 112 Å². The number of hydrogen-bond donors (Lipinski definition) is 0. The summed E-state index contributed by atoms with van der Waals surface area (Å²) in [6.07, 6.45) is 0. The maximum absolute atomic E-state index is 10.2. The molecule has 0 bridgehead atoms. The molecule has 10 aromatic rings. The molecule has 0 radical (unpaired) electrons. The zero-order valence-electron chi connectivity index (χ0n) is 51.2. The fraction of sp³-hybridized carbons (Fsp3) is 0.102. The summed E-state index contributed by atoms with van der Waals surface area (Å²) in [5.74, 6) is 0. The highest BCUT2D eigenvalue weighted by atomic mass is 16.3. The Labute approximate surface area is 348 Å². The van der Waals surface area contributed by atoms with E-state index in [1.165, 1.54) is 21.3 Å². The largest absolute Gasteiger partial charge is 0.468 e. The number of rotatable bonds is 1. The summed E-state index contributed by atoms with van der Waals surface area (Å²) >= 11 is 0. The Morgan fingerprint density at radius 1 is 0.564 bits per heavy atom. The summed E-state index contributed by atoms with van der Waals surface area (Å²) in [6.45, 7) is 4.93. The van der Waals surface area contributed by atoms with Crippen LogP contribution in [0.25, 0.3) is 60.4 Å². The summed E-state index contributed by atoms with van der Waals surface area (Å²) in [5, 5.41) is -1.34. The van der Waals surface area contributed by atoms with Crippen molar-refractivity contribution in [1.29, 1.82) is 0 Å². The molecule has 55 heavy (non-hydrogen) atoms. The molecule has 0 saturated heterocycles. The smallest absolute Gasteiger partial charge is 0.297 e. The van der Waals surface area contributed by atoms with Crippen LogP contribution in [0.5, 0.6) is 0 Å². The molecule has 0 aliphatic carbocycles. The number of para-hydroxylation sites is 5. The van der Waals surface area contributed by atoms with Crippen molar-refractivity contribution in [3.63, 3.8) is 0 Å². The Balaban J connectivity index is 1.33. The van der Waals surface area contributed by atoms with Crippen LogP contribution in [-0.2, 0) is 5.41 Å². The molecule has 0 fully saturated rings. The maximum Gasteiger partial charge on any atom is 0.297 e. The highest BCUT2D eigenvalue weighted by Crippen LogP contribution is 2.54. The highest BCUT2D eigenvalue weighted by Gasteiger charge is 2.49. The maximum atomic E-state index is 10.2. The minimum atomic E-state index is -1.63. The molecule has 0 amide bonds. The molecule has 6 heteroatoms. The Kier molecular flexibility index (Phi) is 2.88. The Bertz CT molecular complexity index is 4630. The first-order valence-electron chi connectivity index (χ1n) is 28.4. The van der Waals surface area contributed by atoms with Crippen LogP contribution in [0, 0.1) is 6.92 Å². The van der Waals surface area contributed by atoms with Gasteiger partial charge in [0.25, 0.3) is 6.71 Å². The van der Waals surface area contributed by atoms with Gasteiger partial charge in [-0.1, -0.05) is 99.3 Å². The van der Waals surface area contributed by atoms with Gasteiger partial charge in [-0.05, 0) is 88.8 Å². The van der Waals surface area contributed by atoms with Crippen molar-refractivity contribution < 1.29 is 39.0 Å². The molecule has 3 aliphatic rings. The molecular formula is C49H34BN3O2. The molecule has 13 rings (SSSR count). The van der Waals surface area contributed by atoms with E-state index in [2.05, 4.69) is 0 Å². The number of hydrogen-bond acceptors (Lipinski definition) is 4. The van der Waals surface area contributed by atoms with Gasteiger partial charge in [0.1, 0.15) is 11.2 Å². The highest BCUT2D eigenvalue weighted by molar-refractivity contribution is 7.00. The van der Waals surface area contributed by atoms with Crippen molar-refractivity contribution in [3.8, 4) is 5.69 Å². The van der Waals surface area contributed by atoms with E-state index in [-0.39, 0.29) is 111 Å². The van der Waals surface area contributed by atoms with Gasteiger partial charge in [0.2, 0.25) is 0 Å². The minimum absolute atomic E-state index is 0.0492. The average Bonchev–Trinajstić information content (AvgIpc) is 3.87. The molecule has 0 N–H and O–H groups in total. The molecule has 3 aromatic heterocycles. The SMILES string of the molecule is [2H]c1c([2H])c2c3c(c1[2H])-n1c4c([2H])c([2H])c([2H])c([2H])c4c4c([2H])c([2H])c([2H])c(c41)N3c1c([2H])c(C)c([2H])c3c1B2c1oc2c([2H])c([2H])c(C(C)(C)C)c([2H])c2c1N3c1c([2H])c([2H])c([2H])c2c1oc1c([2H])c([2H])c([2H])c([2H])c12. The van der Waals surface area contributed by atoms with Crippen LogP contribution in [0.15, 0.2) is 142 Å². The van der Waals surface area contributed by atoms with Gasteiger partial charge in [-0.2, -0.15) is 0 Å². The first-order valence-corrected chi connectivity index (χ1v) is 17.4. The number of anilines is 6. The van der Waals surface area contributed by atoms with Gasteiger partial charge in [0, 0.05) is 38.3 Å². The summed E-state index contributed by atoms with van der Waals surface area (Å²) in [6, 6.07) is -13.9. The number of nitrogens with zero attached hydrogens (tertiary/aromatic N) is 3. The van der Waals surface area contributed by atoms with E-state index >= 15 is 0 Å². The summed E-state index contributed by atoms with van der Waals surface area (Å²) < 4.78 is 220. The molecule has 260 valence electrons. The molecule has 0 spiro atoms. The molecule has 7 aromatic carbocycles. The van der Waals surface area contributed by atoms with Crippen molar-refractivity contribution in [2.45, 2.75) is 33.1 Å². The molecule has 0 unspecified atom stereocenters. The van der Waals surface area contributed by atoms with Crippen LogP contribution in [0.4, 0.5) is 34.1 Å². The van der Waals surface area contributed by atoms with Crippen molar-refractivity contribution in [2.24, 2.45) is 0 Å². The van der Waals surface area contributed by atoms with Crippen molar-refractivity contribution in [1.82, 2.24) is 4.57 Å². The van der Waals surface area contributed by atoms with E-state index in [1.807, 2.05) is 0 Å². The zero-order chi connectivity index (χ0) is 55.6. The second-order valence-electron chi connectivity index (χ2n) is 14.8. The van der Waals surface area contributed by atoms with Gasteiger partial charge < -0.3 is 23.2 Å². The van der Waals surface area contributed by atoms with Crippen LogP contribution in [0.2, 0.25) is 0 Å². The van der Waals surface area contributed by atoms with E-state index in [0.717, 1.165) is 0 Å². The van der Waals surface area contributed by atoms with Crippen LogP contribution < -0.4 is 26.4 Å². The summed E-state index contributed by atoms with van der Waals surface area (Å²) in [4.78, 5) is 2.49. The number of aromatic nitrogens is 1. The second-order valence-corrected chi connectivity index (χ2v) is 14.8. The van der Waals surface area contributed by atoms with Crippen LogP contribution >= 0.6 is 0 Å². The third-order valence-electron chi connectivity index (χ3n) is 10.7. The Morgan fingerprint density at radius 3 is 2.07 bits per heavy atom. The number of benzene rings is 7. The lowest BCUT2D eigenvalue weighted by Crippen LogP contribution is -2.61. The quantitative estimate of drug-likeness (QED) is 0.158.